The lowest BCUT2D eigenvalue weighted by Gasteiger charge is -2.45. The number of sulfonamides is 1. The summed E-state index contributed by atoms with van der Waals surface area (Å²) in [6.07, 6.45) is 7.86. The molecule has 0 saturated carbocycles. The second kappa shape index (κ2) is 6.20. The number of aromatic nitrogens is 1. The van der Waals surface area contributed by atoms with Gasteiger partial charge in [0, 0.05) is 38.6 Å². The molecule has 1 aromatic rings. The zero-order chi connectivity index (χ0) is 16.5. The molecule has 3 heterocycles. The summed E-state index contributed by atoms with van der Waals surface area (Å²) in [5, 5.41) is 0. The highest BCUT2D eigenvalue weighted by molar-refractivity contribution is 7.88. The van der Waals surface area contributed by atoms with E-state index in [2.05, 4.69) is 4.98 Å². The van der Waals surface area contributed by atoms with E-state index in [0.717, 1.165) is 24.9 Å². The summed E-state index contributed by atoms with van der Waals surface area (Å²) >= 11 is 0. The van der Waals surface area contributed by atoms with Crippen molar-refractivity contribution in [2.75, 3.05) is 25.9 Å². The average molecular weight is 337 g/mol. The van der Waals surface area contributed by atoms with Crippen LogP contribution in [-0.4, -0.2) is 54.4 Å². The molecule has 2 aliphatic heterocycles. The number of pyridine rings is 1. The van der Waals surface area contributed by atoms with Crippen molar-refractivity contribution in [1.29, 1.82) is 0 Å². The largest absolute Gasteiger partial charge is 0.338 e. The lowest BCUT2D eigenvalue weighted by Crippen LogP contribution is -2.53. The van der Waals surface area contributed by atoms with Gasteiger partial charge in [-0.2, -0.15) is 0 Å². The van der Waals surface area contributed by atoms with Crippen molar-refractivity contribution in [2.24, 2.45) is 5.41 Å². The first-order valence-electron chi connectivity index (χ1n) is 8.04. The van der Waals surface area contributed by atoms with Crippen molar-refractivity contribution in [3.05, 3.63) is 30.1 Å². The molecular formula is C16H23N3O3S. The van der Waals surface area contributed by atoms with Gasteiger partial charge in [-0.05, 0) is 37.3 Å². The van der Waals surface area contributed by atoms with Crippen LogP contribution in [-0.2, 0) is 21.4 Å². The molecule has 0 aliphatic carbocycles. The first-order chi connectivity index (χ1) is 10.9. The first-order valence-corrected chi connectivity index (χ1v) is 9.89. The fourth-order valence-electron chi connectivity index (χ4n) is 3.72. The number of likely N-dealkylation sites (tertiary alicyclic amines) is 1. The van der Waals surface area contributed by atoms with E-state index < -0.39 is 10.0 Å². The van der Waals surface area contributed by atoms with Crippen molar-refractivity contribution >= 4 is 15.9 Å². The number of carbonyl (C=O) groups excluding carboxylic acids is 1. The van der Waals surface area contributed by atoms with Crippen LogP contribution in [0, 0.1) is 5.41 Å². The van der Waals surface area contributed by atoms with Crippen LogP contribution in [0.1, 0.15) is 31.2 Å². The highest BCUT2D eigenvalue weighted by Crippen LogP contribution is 2.41. The molecule has 0 unspecified atom stereocenters. The van der Waals surface area contributed by atoms with Gasteiger partial charge in [0.15, 0.2) is 0 Å². The van der Waals surface area contributed by atoms with Gasteiger partial charge in [0.1, 0.15) is 0 Å². The van der Waals surface area contributed by atoms with E-state index in [-0.39, 0.29) is 11.3 Å². The maximum atomic E-state index is 13.0. The van der Waals surface area contributed by atoms with Gasteiger partial charge in [0.25, 0.3) is 0 Å². The Morgan fingerprint density at radius 1 is 1.22 bits per heavy atom. The maximum Gasteiger partial charge on any atom is 0.229 e. The Hall–Kier alpha value is -1.47. The summed E-state index contributed by atoms with van der Waals surface area (Å²) in [6, 6.07) is 3.86. The zero-order valence-corrected chi connectivity index (χ0v) is 14.3. The highest BCUT2D eigenvalue weighted by Gasteiger charge is 2.46. The summed E-state index contributed by atoms with van der Waals surface area (Å²) in [4.78, 5) is 19.0. The van der Waals surface area contributed by atoms with Crippen LogP contribution < -0.4 is 0 Å². The van der Waals surface area contributed by atoms with E-state index in [1.807, 2.05) is 17.0 Å². The van der Waals surface area contributed by atoms with Crippen LogP contribution in [0.4, 0.5) is 0 Å². The molecule has 0 aromatic carbocycles. The third-order valence-electron chi connectivity index (χ3n) is 5.07. The van der Waals surface area contributed by atoms with Crippen molar-refractivity contribution in [1.82, 2.24) is 14.2 Å². The molecule has 1 amide bonds. The lowest BCUT2D eigenvalue weighted by molar-refractivity contribution is -0.150. The number of nitrogens with zero attached hydrogens (tertiary/aromatic N) is 3. The van der Waals surface area contributed by atoms with E-state index in [9.17, 15) is 13.2 Å². The maximum absolute atomic E-state index is 13.0. The Kier molecular flexibility index (Phi) is 4.42. The van der Waals surface area contributed by atoms with E-state index in [1.54, 1.807) is 12.4 Å². The molecule has 6 nitrogen and oxygen atoms in total. The van der Waals surface area contributed by atoms with Crippen LogP contribution in [0.5, 0.6) is 0 Å². The van der Waals surface area contributed by atoms with Crippen LogP contribution >= 0.6 is 0 Å². The Labute approximate surface area is 137 Å². The minimum atomic E-state index is -3.16. The number of amides is 1. The molecule has 2 aliphatic rings. The normalized spacial score (nSPS) is 22.5. The molecule has 0 N–H and O–H groups in total. The molecule has 1 aromatic heterocycles. The second-order valence-corrected chi connectivity index (χ2v) is 8.62. The van der Waals surface area contributed by atoms with E-state index >= 15 is 0 Å². The van der Waals surface area contributed by atoms with E-state index in [4.69, 9.17) is 0 Å². The third-order valence-corrected chi connectivity index (χ3v) is 6.37. The third kappa shape index (κ3) is 3.40. The van der Waals surface area contributed by atoms with Crippen molar-refractivity contribution in [3.8, 4) is 0 Å². The summed E-state index contributed by atoms with van der Waals surface area (Å²) < 4.78 is 24.8. The standard InChI is InChI=1S/C16H23N3O3S/c1-23(21,22)19-10-6-16(7-11-19)5-3-9-18(15(16)20)13-14-4-2-8-17-12-14/h2,4,8,12H,3,5-7,9-11,13H2,1H3. The van der Waals surface area contributed by atoms with Crippen molar-refractivity contribution in [2.45, 2.75) is 32.2 Å². The highest BCUT2D eigenvalue weighted by atomic mass is 32.2. The average Bonchev–Trinajstić information content (AvgIpc) is 2.53. The minimum Gasteiger partial charge on any atom is -0.338 e. The number of rotatable bonds is 3. The Morgan fingerprint density at radius 3 is 2.57 bits per heavy atom. The van der Waals surface area contributed by atoms with Crippen LogP contribution in [0.25, 0.3) is 0 Å². The number of piperidine rings is 2. The van der Waals surface area contributed by atoms with Crippen molar-refractivity contribution in [3.63, 3.8) is 0 Å². The predicted molar refractivity (Wildman–Crippen MR) is 87.0 cm³/mol. The fourth-order valence-corrected chi connectivity index (χ4v) is 4.57. The fraction of sp³-hybridized carbons (Fsp3) is 0.625. The second-order valence-electron chi connectivity index (χ2n) is 6.63. The molecule has 2 saturated heterocycles. The zero-order valence-electron chi connectivity index (χ0n) is 13.4. The van der Waals surface area contributed by atoms with Crippen LogP contribution in [0.3, 0.4) is 0 Å². The van der Waals surface area contributed by atoms with Crippen LogP contribution in [0.15, 0.2) is 24.5 Å². The van der Waals surface area contributed by atoms with E-state index in [0.29, 0.717) is 32.5 Å². The van der Waals surface area contributed by atoms with Gasteiger partial charge in [-0.15, -0.1) is 0 Å². The summed E-state index contributed by atoms with van der Waals surface area (Å²) in [5.74, 6) is 0.181. The Bertz CT molecular complexity index is 667. The van der Waals surface area contributed by atoms with Gasteiger partial charge in [-0.1, -0.05) is 6.07 Å². The monoisotopic (exact) mass is 337 g/mol. The Balaban J connectivity index is 1.71. The van der Waals surface area contributed by atoms with Gasteiger partial charge in [0.05, 0.1) is 11.7 Å². The number of hydrogen-bond donors (Lipinski definition) is 0. The van der Waals surface area contributed by atoms with Gasteiger partial charge in [0.2, 0.25) is 15.9 Å². The quantitative estimate of drug-likeness (QED) is 0.832. The molecule has 1 spiro atoms. The summed E-state index contributed by atoms with van der Waals surface area (Å²) in [6.45, 7) is 2.26. The first kappa shape index (κ1) is 16.4. The topological polar surface area (TPSA) is 70.6 Å². The Morgan fingerprint density at radius 2 is 1.96 bits per heavy atom. The molecule has 7 heteroatoms. The van der Waals surface area contributed by atoms with Gasteiger partial charge in [-0.25, -0.2) is 12.7 Å². The summed E-state index contributed by atoms with van der Waals surface area (Å²) in [7, 11) is -3.16. The van der Waals surface area contributed by atoms with Crippen LogP contribution in [0.2, 0.25) is 0 Å². The van der Waals surface area contributed by atoms with Gasteiger partial charge < -0.3 is 4.90 Å². The number of hydrogen-bond acceptors (Lipinski definition) is 4. The smallest absolute Gasteiger partial charge is 0.229 e. The van der Waals surface area contributed by atoms with Gasteiger partial charge in [-0.3, -0.25) is 9.78 Å². The molecule has 0 bridgehead atoms. The predicted octanol–water partition coefficient (Wildman–Crippen LogP) is 1.25. The van der Waals surface area contributed by atoms with Gasteiger partial charge >= 0.3 is 0 Å². The number of carbonyl (C=O) groups is 1. The van der Waals surface area contributed by atoms with Crippen molar-refractivity contribution < 1.29 is 13.2 Å². The molecule has 0 radical (unpaired) electrons. The molecule has 23 heavy (non-hydrogen) atoms. The molecule has 3 rings (SSSR count). The molecule has 2 fully saturated rings. The van der Waals surface area contributed by atoms with E-state index in [1.165, 1.54) is 10.6 Å². The molecule has 126 valence electrons. The minimum absolute atomic E-state index is 0.181. The molecular weight excluding hydrogens is 314 g/mol. The SMILES string of the molecule is CS(=O)(=O)N1CCC2(CCCN(Cc3cccnc3)C2=O)CC1. The summed E-state index contributed by atoms with van der Waals surface area (Å²) in [5.41, 5.74) is 0.660. The molecule has 0 atom stereocenters. The lowest BCUT2D eigenvalue weighted by atomic mass is 9.72.